The van der Waals surface area contributed by atoms with Crippen molar-refractivity contribution >= 4 is 23.0 Å². The van der Waals surface area contributed by atoms with Crippen LogP contribution in [0.4, 0.5) is 11.4 Å². The zero-order valence-electron chi connectivity index (χ0n) is 20.2. The molecule has 0 bridgehead atoms. The van der Waals surface area contributed by atoms with Crippen molar-refractivity contribution in [3.05, 3.63) is 108 Å². The first kappa shape index (κ1) is 22.9. The third kappa shape index (κ3) is 5.03. The number of nitriles is 1. The molecule has 0 N–H and O–H groups in total. The minimum absolute atomic E-state index is 0.645. The average Bonchev–Trinajstić information content (AvgIpc) is 2.87. The summed E-state index contributed by atoms with van der Waals surface area (Å²) in [6.45, 7) is 0. The minimum atomic E-state index is 0.645. The molecule has 0 heterocycles. The fourth-order valence-corrected chi connectivity index (χ4v) is 3.97. The lowest BCUT2D eigenvalue weighted by atomic mass is 9.92. The average molecular weight is 444 g/mol. The van der Waals surface area contributed by atoms with Crippen molar-refractivity contribution in [2.75, 3.05) is 38.0 Å². The summed E-state index contributed by atoms with van der Waals surface area (Å²) in [6.07, 6.45) is 2.00. The molecule has 34 heavy (non-hydrogen) atoms. The highest BCUT2D eigenvalue weighted by atomic mass is 15.1. The van der Waals surface area contributed by atoms with Crippen LogP contribution in [0.25, 0.3) is 33.9 Å². The molecule has 0 aliphatic heterocycles. The van der Waals surface area contributed by atoms with Crippen LogP contribution in [0.1, 0.15) is 11.1 Å². The predicted octanol–water partition coefficient (Wildman–Crippen LogP) is 7.22. The Kier molecular flexibility index (Phi) is 6.80. The van der Waals surface area contributed by atoms with Gasteiger partial charge in [0.15, 0.2) is 0 Å². The van der Waals surface area contributed by atoms with Crippen LogP contribution in [0, 0.1) is 11.3 Å². The van der Waals surface area contributed by atoms with E-state index in [1.165, 1.54) is 0 Å². The fraction of sp³-hybridized carbons (Fsp3) is 0.129. The Hall–Kier alpha value is -4.29. The Balaban J connectivity index is 1.84. The summed E-state index contributed by atoms with van der Waals surface area (Å²) in [5.74, 6) is 0. The molecule has 0 saturated heterocycles. The van der Waals surface area contributed by atoms with E-state index in [0.29, 0.717) is 5.57 Å². The van der Waals surface area contributed by atoms with Crippen molar-refractivity contribution in [2.45, 2.75) is 0 Å². The monoisotopic (exact) mass is 443 g/mol. The van der Waals surface area contributed by atoms with Crippen molar-refractivity contribution < 1.29 is 0 Å². The molecule has 3 nitrogen and oxygen atoms in total. The molecule has 168 valence electrons. The molecule has 0 aliphatic rings. The van der Waals surface area contributed by atoms with Gasteiger partial charge >= 0.3 is 0 Å². The Morgan fingerprint density at radius 2 is 1.18 bits per heavy atom. The Bertz CT molecular complexity index is 1320. The van der Waals surface area contributed by atoms with E-state index in [9.17, 15) is 5.26 Å². The summed E-state index contributed by atoms with van der Waals surface area (Å²) in [7, 11) is 8.17. The van der Waals surface area contributed by atoms with Gasteiger partial charge in [-0.25, -0.2) is 0 Å². The number of rotatable bonds is 6. The third-order valence-electron chi connectivity index (χ3n) is 5.97. The van der Waals surface area contributed by atoms with E-state index in [1.807, 2.05) is 64.6 Å². The van der Waals surface area contributed by atoms with Gasteiger partial charge in [-0.2, -0.15) is 5.26 Å². The minimum Gasteiger partial charge on any atom is -0.378 e. The quantitative estimate of drug-likeness (QED) is 0.233. The second-order valence-corrected chi connectivity index (χ2v) is 8.72. The zero-order chi connectivity index (χ0) is 24.1. The fourth-order valence-electron chi connectivity index (χ4n) is 3.97. The van der Waals surface area contributed by atoms with Crippen LogP contribution >= 0.6 is 0 Å². The molecule has 0 radical (unpaired) electrons. The summed E-state index contributed by atoms with van der Waals surface area (Å²) in [6, 6.07) is 35.8. The van der Waals surface area contributed by atoms with Gasteiger partial charge in [-0.1, -0.05) is 66.7 Å². The largest absolute Gasteiger partial charge is 0.378 e. The summed E-state index contributed by atoms with van der Waals surface area (Å²) in [5.41, 5.74) is 9.39. The molecule has 0 unspecified atom stereocenters. The van der Waals surface area contributed by atoms with Gasteiger partial charge in [0.25, 0.3) is 0 Å². The van der Waals surface area contributed by atoms with Gasteiger partial charge in [-0.05, 0) is 69.8 Å². The Labute approximate surface area is 202 Å². The van der Waals surface area contributed by atoms with Gasteiger partial charge in [0.1, 0.15) is 0 Å². The van der Waals surface area contributed by atoms with E-state index in [4.69, 9.17) is 0 Å². The number of benzene rings is 4. The van der Waals surface area contributed by atoms with E-state index in [1.54, 1.807) is 0 Å². The first-order chi connectivity index (χ1) is 16.5. The predicted molar refractivity (Wildman–Crippen MR) is 146 cm³/mol. The number of allylic oxidation sites excluding steroid dienone is 1. The normalized spacial score (nSPS) is 11.1. The molecule has 0 amide bonds. The van der Waals surface area contributed by atoms with Gasteiger partial charge < -0.3 is 9.80 Å². The molecule has 3 heteroatoms. The maximum atomic E-state index is 9.94. The summed E-state index contributed by atoms with van der Waals surface area (Å²) in [5, 5.41) is 9.94. The topological polar surface area (TPSA) is 30.3 Å². The molecular formula is C31H29N3. The Morgan fingerprint density at radius 3 is 1.71 bits per heavy atom. The highest BCUT2D eigenvalue weighted by Crippen LogP contribution is 2.33. The smallest absolute Gasteiger partial charge is 0.0998 e. The van der Waals surface area contributed by atoms with E-state index in [0.717, 1.165) is 44.8 Å². The maximum absolute atomic E-state index is 9.94. The third-order valence-corrected chi connectivity index (χ3v) is 5.97. The van der Waals surface area contributed by atoms with Crippen LogP contribution in [-0.2, 0) is 0 Å². The SMILES string of the molecule is CN(C)c1ccc(-c2ccc(-c3ccc(N(C)C)cc3)c(C=C(C#N)c3ccccc3)c2)cc1. The lowest BCUT2D eigenvalue weighted by Crippen LogP contribution is -2.08. The Morgan fingerprint density at radius 1 is 0.647 bits per heavy atom. The van der Waals surface area contributed by atoms with E-state index < -0.39 is 0 Å². The van der Waals surface area contributed by atoms with Crippen molar-refractivity contribution in [1.29, 1.82) is 5.26 Å². The highest BCUT2D eigenvalue weighted by molar-refractivity contribution is 5.94. The van der Waals surface area contributed by atoms with Crippen LogP contribution < -0.4 is 9.80 Å². The molecule has 0 aromatic heterocycles. The number of nitrogens with zero attached hydrogens (tertiary/aromatic N) is 3. The van der Waals surface area contributed by atoms with Crippen molar-refractivity contribution in [2.24, 2.45) is 0 Å². The number of hydrogen-bond donors (Lipinski definition) is 0. The molecule has 4 aromatic rings. The second kappa shape index (κ2) is 10.1. The zero-order valence-corrected chi connectivity index (χ0v) is 20.2. The first-order valence-corrected chi connectivity index (χ1v) is 11.3. The number of hydrogen-bond acceptors (Lipinski definition) is 3. The van der Waals surface area contributed by atoms with Crippen LogP contribution in [0.3, 0.4) is 0 Å². The van der Waals surface area contributed by atoms with Crippen molar-refractivity contribution in [3.63, 3.8) is 0 Å². The lowest BCUT2D eigenvalue weighted by molar-refractivity contribution is 1.13. The standard InChI is InChI=1S/C31H29N3/c1-33(2)29-15-10-24(11-16-29)26-14-19-31(25-12-17-30(18-13-25)34(3)4)27(20-26)21-28(22-32)23-8-6-5-7-9-23/h5-21H,1-4H3. The molecular weight excluding hydrogens is 414 g/mol. The van der Waals surface area contributed by atoms with Gasteiger partial charge in [-0.15, -0.1) is 0 Å². The number of anilines is 2. The molecule has 4 aromatic carbocycles. The molecule has 0 spiro atoms. The molecule has 4 rings (SSSR count). The van der Waals surface area contributed by atoms with Crippen molar-refractivity contribution in [1.82, 2.24) is 0 Å². The summed E-state index contributed by atoms with van der Waals surface area (Å²) in [4.78, 5) is 4.19. The van der Waals surface area contributed by atoms with Gasteiger partial charge in [-0.3, -0.25) is 0 Å². The van der Waals surface area contributed by atoms with Crippen LogP contribution in [0.5, 0.6) is 0 Å². The van der Waals surface area contributed by atoms with E-state index >= 15 is 0 Å². The highest BCUT2D eigenvalue weighted by Gasteiger charge is 2.10. The molecule has 0 atom stereocenters. The van der Waals surface area contributed by atoms with Crippen molar-refractivity contribution in [3.8, 4) is 28.3 Å². The summed E-state index contributed by atoms with van der Waals surface area (Å²) >= 11 is 0. The molecule has 0 fully saturated rings. The van der Waals surface area contributed by atoms with E-state index in [2.05, 4.69) is 82.6 Å². The van der Waals surface area contributed by atoms with Gasteiger partial charge in [0.2, 0.25) is 0 Å². The molecule has 0 saturated carbocycles. The first-order valence-electron chi connectivity index (χ1n) is 11.3. The van der Waals surface area contributed by atoms with Crippen LogP contribution in [0.2, 0.25) is 0 Å². The summed E-state index contributed by atoms with van der Waals surface area (Å²) < 4.78 is 0. The van der Waals surface area contributed by atoms with Crippen LogP contribution in [0.15, 0.2) is 97.1 Å². The maximum Gasteiger partial charge on any atom is 0.0998 e. The lowest BCUT2D eigenvalue weighted by Gasteiger charge is -2.15. The van der Waals surface area contributed by atoms with Gasteiger partial charge in [0.05, 0.1) is 11.6 Å². The van der Waals surface area contributed by atoms with Crippen LogP contribution in [-0.4, -0.2) is 28.2 Å². The van der Waals surface area contributed by atoms with Gasteiger partial charge in [0, 0.05) is 39.6 Å². The molecule has 0 aliphatic carbocycles. The second-order valence-electron chi connectivity index (χ2n) is 8.72. The van der Waals surface area contributed by atoms with E-state index in [-0.39, 0.29) is 0 Å².